The van der Waals surface area contributed by atoms with Gasteiger partial charge in [-0.2, -0.15) is 0 Å². The molecule has 11 nitrogen and oxygen atoms in total. The van der Waals surface area contributed by atoms with E-state index in [9.17, 15) is 43.3 Å². The number of hydrogen-bond donors (Lipinski definition) is 7. The Hall–Kier alpha value is -5.98. The Kier molecular flexibility index (Phi) is 20.7. The minimum Gasteiger partial charge on any atom is -0.508 e. The van der Waals surface area contributed by atoms with Gasteiger partial charge in [-0.3, -0.25) is 19.2 Å². The first kappa shape index (κ1) is 48.7. The molecule has 0 radical (unpaired) electrons. The van der Waals surface area contributed by atoms with E-state index >= 15 is 0 Å². The number of rotatable bonds is 27. The third-order valence-electron chi connectivity index (χ3n) is 10.7. The van der Waals surface area contributed by atoms with E-state index in [-0.39, 0.29) is 54.5 Å². The zero-order valence-electron chi connectivity index (χ0n) is 35.6. The molecule has 3 atom stereocenters. The normalized spacial score (nSPS) is 12.5. The average molecular weight is 857 g/mol. The molecule has 4 aromatic carbocycles. The Morgan fingerprint density at radius 3 is 1.26 bits per heavy atom. The van der Waals surface area contributed by atoms with Gasteiger partial charge < -0.3 is 36.6 Å². The average Bonchev–Trinajstić information content (AvgIpc) is 3.25. The van der Waals surface area contributed by atoms with Crippen molar-refractivity contribution in [1.29, 1.82) is 0 Å². The molecule has 0 aliphatic heterocycles. The quantitative estimate of drug-likeness (QED) is 0.0294. The Balaban J connectivity index is 1.45. The van der Waals surface area contributed by atoms with Crippen LogP contribution in [0.2, 0.25) is 0 Å². The van der Waals surface area contributed by atoms with Crippen molar-refractivity contribution in [3.63, 3.8) is 0 Å². The van der Waals surface area contributed by atoms with Crippen LogP contribution in [-0.4, -0.2) is 57.1 Å². The minimum absolute atomic E-state index is 0.0161. The van der Waals surface area contributed by atoms with Crippen molar-refractivity contribution < 1.29 is 43.3 Å². The number of unbranched alkanes of at least 4 members (excludes halogenated alkanes) is 12. The van der Waals surface area contributed by atoms with Crippen molar-refractivity contribution >= 4 is 29.3 Å². The highest BCUT2D eigenvalue weighted by Gasteiger charge is 2.31. The Labute approximate surface area is 363 Å². The number of amides is 4. The molecule has 0 fully saturated rings. The fraction of sp³-hybridized carbons (Fsp3) is 0.429. The van der Waals surface area contributed by atoms with Crippen molar-refractivity contribution in [2.45, 2.75) is 134 Å². The van der Waals surface area contributed by atoms with Crippen LogP contribution >= 0.6 is 0 Å². The Morgan fingerprint density at radius 2 is 0.855 bits per heavy atom. The molecule has 7 N–H and O–H groups in total. The fourth-order valence-corrected chi connectivity index (χ4v) is 7.16. The van der Waals surface area contributed by atoms with Gasteiger partial charge in [-0.1, -0.05) is 120 Å². The fourth-order valence-electron chi connectivity index (χ4n) is 7.16. The molecule has 0 saturated heterocycles. The summed E-state index contributed by atoms with van der Waals surface area (Å²) in [6.07, 6.45) is 15.1. The van der Waals surface area contributed by atoms with E-state index in [2.05, 4.69) is 28.2 Å². The molecular weight excluding hydrogens is 795 g/mol. The van der Waals surface area contributed by atoms with Crippen molar-refractivity contribution in [2.24, 2.45) is 0 Å². The number of anilines is 1. The first-order chi connectivity index (χ1) is 29.9. The number of aromatic hydroxyl groups is 3. The van der Waals surface area contributed by atoms with Crippen LogP contribution in [0.25, 0.3) is 0 Å². The molecule has 0 saturated carbocycles. The second-order valence-corrected chi connectivity index (χ2v) is 16.0. The standard InChI is InChI=1S/C49H62F2N4O7/c1-2-3-4-5-6-7-8-9-10-11-12-13-14-15-46(59)52-43(30-34-16-23-38(56)24-17-34)47(60)54-45(32-36-20-27-40(58)28-21-36)49(62)55-44(31-35-18-25-39(57)26-19-35)48(61)53-42-29-22-37(50)33-41(42)51/h16-29,33,43-45,56-58H,2-15,30-32H2,1H3,(H,52,59)(H,53,61)(H,54,60)(H,55,62)/t43-,44-,45-/m0/s1. The highest BCUT2D eigenvalue weighted by molar-refractivity contribution is 5.99. The number of carbonyl (C=O) groups excluding carboxylic acids is 4. The van der Waals surface area contributed by atoms with Crippen LogP contribution in [0.4, 0.5) is 14.5 Å². The van der Waals surface area contributed by atoms with Crippen LogP contribution in [0.15, 0.2) is 91.0 Å². The SMILES string of the molecule is CCCCCCCCCCCCCCCC(=O)N[C@@H](Cc1ccc(O)cc1)C(=O)N[C@@H](Cc1ccc(O)cc1)C(=O)N[C@@H](Cc1ccc(O)cc1)C(=O)Nc1ccc(F)cc1F. The van der Waals surface area contributed by atoms with Gasteiger partial charge in [0.2, 0.25) is 23.6 Å². The minimum atomic E-state index is -1.34. The van der Waals surface area contributed by atoms with Gasteiger partial charge in [-0.05, 0) is 71.6 Å². The molecule has 0 spiro atoms. The van der Waals surface area contributed by atoms with Gasteiger partial charge in [0.25, 0.3) is 0 Å². The Bertz CT molecular complexity index is 2000. The molecule has 0 unspecified atom stereocenters. The number of carbonyl (C=O) groups is 4. The van der Waals surface area contributed by atoms with Crippen LogP contribution in [0, 0.1) is 11.6 Å². The third kappa shape index (κ3) is 17.9. The van der Waals surface area contributed by atoms with Gasteiger partial charge in [-0.25, -0.2) is 8.78 Å². The lowest BCUT2D eigenvalue weighted by Gasteiger charge is -2.26. The molecule has 334 valence electrons. The van der Waals surface area contributed by atoms with E-state index in [0.29, 0.717) is 29.2 Å². The lowest BCUT2D eigenvalue weighted by Crippen LogP contribution is -2.57. The lowest BCUT2D eigenvalue weighted by atomic mass is 10.0. The van der Waals surface area contributed by atoms with E-state index in [1.165, 1.54) is 94.2 Å². The van der Waals surface area contributed by atoms with Gasteiger partial charge in [0, 0.05) is 31.7 Å². The van der Waals surface area contributed by atoms with Gasteiger partial charge >= 0.3 is 0 Å². The molecule has 4 rings (SSSR count). The van der Waals surface area contributed by atoms with Crippen molar-refractivity contribution in [3.8, 4) is 17.2 Å². The maximum absolute atomic E-state index is 14.6. The first-order valence-electron chi connectivity index (χ1n) is 21.9. The van der Waals surface area contributed by atoms with Crippen molar-refractivity contribution in [3.05, 3.63) is 119 Å². The summed E-state index contributed by atoms with van der Waals surface area (Å²) in [5.41, 5.74) is 1.41. The zero-order valence-corrected chi connectivity index (χ0v) is 35.6. The monoisotopic (exact) mass is 856 g/mol. The molecule has 62 heavy (non-hydrogen) atoms. The molecule has 0 bridgehead atoms. The number of halogens is 2. The highest BCUT2D eigenvalue weighted by Crippen LogP contribution is 2.19. The maximum Gasteiger partial charge on any atom is 0.247 e. The van der Waals surface area contributed by atoms with Gasteiger partial charge in [0.1, 0.15) is 47.0 Å². The number of phenols is 3. The van der Waals surface area contributed by atoms with E-state index in [1.807, 2.05) is 0 Å². The number of nitrogens with one attached hydrogen (secondary N) is 4. The molecule has 0 aromatic heterocycles. The summed E-state index contributed by atoms with van der Waals surface area (Å²) in [7, 11) is 0. The molecule has 4 aromatic rings. The summed E-state index contributed by atoms with van der Waals surface area (Å²) in [5.74, 6) is -4.51. The number of phenolic OH excluding ortho intramolecular Hbond substituents is 3. The van der Waals surface area contributed by atoms with Crippen LogP contribution < -0.4 is 21.3 Å². The lowest BCUT2D eigenvalue weighted by molar-refractivity contribution is -0.133. The second-order valence-electron chi connectivity index (χ2n) is 16.0. The van der Waals surface area contributed by atoms with Gasteiger partial charge in [0.15, 0.2) is 0 Å². The van der Waals surface area contributed by atoms with Crippen LogP contribution in [0.1, 0.15) is 114 Å². The maximum atomic E-state index is 14.6. The molecule has 0 aliphatic carbocycles. The van der Waals surface area contributed by atoms with Crippen LogP contribution in [0.3, 0.4) is 0 Å². The molecule has 0 aliphatic rings. The summed E-state index contributed by atoms with van der Waals surface area (Å²) in [4.78, 5) is 55.4. The van der Waals surface area contributed by atoms with E-state index in [4.69, 9.17) is 0 Å². The molecular formula is C49H62F2N4O7. The predicted molar refractivity (Wildman–Crippen MR) is 237 cm³/mol. The zero-order chi connectivity index (χ0) is 44.7. The number of benzene rings is 4. The summed E-state index contributed by atoms with van der Waals surface area (Å²) < 4.78 is 28.3. The number of hydrogen-bond acceptors (Lipinski definition) is 7. The molecule has 13 heteroatoms. The topological polar surface area (TPSA) is 177 Å². The van der Waals surface area contributed by atoms with Crippen molar-refractivity contribution in [1.82, 2.24) is 16.0 Å². The van der Waals surface area contributed by atoms with Gasteiger partial charge in [0.05, 0.1) is 5.69 Å². The van der Waals surface area contributed by atoms with Crippen LogP contribution in [0.5, 0.6) is 17.2 Å². The van der Waals surface area contributed by atoms with E-state index in [1.54, 1.807) is 36.4 Å². The summed E-state index contributed by atoms with van der Waals surface area (Å²) in [5, 5.41) is 40.3. The van der Waals surface area contributed by atoms with Gasteiger partial charge in [-0.15, -0.1) is 0 Å². The smallest absolute Gasteiger partial charge is 0.247 e. The second kappa shape index (κ2) is 26.4. The third-order valence-corrected chi connectivity index (χ3v) is 10.7. The molecule has 0 heterocycles. The summed E-state index contributed by atoms with van der Waals surface area (Å²) in [6, 6.07) is 17.0. The van der Waals surface area contributed by atoms with Crippen LogP contribution in [-0.2, 0) is 38.4 Å². The van der Waals surface area contributed by atoms with Crippen molar-refractivity contribution in [2.75, 3.05) is 5.32 Å². The largest absolute Gasteiger partial charge is 0.508 e. The predicted octanol–water partition coefficient (Wildman–Crippen LogP) is 8.68. The summed E-state index contributed by atoms with van der Waals surface area (Å²) in [6.45, 7) is 2.22. The Morgan fingerprint density at radius 1 is 0.484 bits per heavy atom. The highest BCUT2D eigenvalue weighted by atomic mass is 19.1. The van der Waals surface area contributed by atoms with E-state index < -0.39 is 47.5 Å². The summed E-state index contributed by atoms with van der Waals surface area (Å²) >= 11 is 0. The molecule has 4 amide bonds. The van der Waals surface area contributed by atoms with E-state index in [0.717, 1.165) is 31.4 Å². The first-order valence-corrected chi connectivity index (χ1v) is 21.9.